The lowest BCUT2D eigenvalue weighted by Crippen LogP contribution is -2.34. The van der Waals surface area contributed by atoms with E-state index in [9.17, 15) is 9.59 Å². The van der Waals surface area contributed by atoms with E-state index in [2.05, 4.69) is 15.5 Å². The highest BCUT2D eigenvalue weighted by atomic mass is 32.2. The third kappa shape index (κ3) is 4.49. The van der Waals surface area contributed by atoms with Gasteiger partial charge in [0.2, 0.25) is 5.13 Å². The summed E-state index contributed by atoms with van der Waals surface area (Å²) in [7, 11) is 0. The van der Waals surface area contributed by atoms with E-state index in [0.29, 0.717) is 22.6 Å². The van der Waals surface area contributed by atoms with Crippen molar-refractivity contribution in [3.63, 3.8) is 0 Å². The van der Waals surface area contributed by atoms with Gasteiger partial charge in [-0.25, -0.2) is 4.79 Å². The summed E-state index contributed by atoms with van der Waals surface area (Å²) in [5.41, 5.74) is 0. The Morgan fingerprint density at radius 2 is 2.06 bits per heavy atom. The highest BCUT2D eigenvalue weighted by Gasteiger charge is 2.13. The molecular weight excluding hydrogens is 276 g/mol. The quantitative estimate of drug-likeness (QED) is 0.610. The van der Waals surface area contributed by atoms with Crippen LogP contribution in [0, 0.1) is 0 Å². The summed E-state index contributed by atoms with van der Waals surface area (Å²) >= 11 is 2.24. The van der Waals surface area contributed by atoms with E-state index in [1.807, 2.05) is 13.8 Å². The van der Waals surface area contributed by atoms with Crippen LogP contribution in [0.5, 0.6) is 0 Å². The van der Waals surface area contributed by atoms with Gasteiger partial charge in [-0.3, -0.25) is 10.1 Å². The Bertz CT molecular complexity index is 420. The number of thioether (sulfide) groups is 1. The van der Waals surface area contributed by atoms with Crippen molar-refractivity contribution in [2.24, 2.45) is 0 Å². The molecule has 7 nitrogen and oxygen atoms in total. The second-order valence-electron chi connectivity index (χ2n) is 3.16. The van der Waals surface area contributed by atoms with Gasteiger partial charge in [0.1, 0.15) is 0 Å². The third-order valence-corrected chi connectivity index (χ3v) is 3.95. The summed E-state index contributed by atoms with van der Waals surface area (Å²) in [6.45, 7) is 5.00. The van der Waals surface area contributed by atoms with Crippen LogP contribution in [0.2, 0.25) is 0 Å². The fourth-order valence-corrected chi connectivity index (χ4v) is 2.59. The van der Waals surface area contributed by atoms with Gasteiger partial charge in [0, 0.05) is 13.1 Å². The maximum Gasteiger partial charge on any atom is 0.323 e. The molecule has 0 bridgehead atoms. The van der Waals surface area contributed by atoms with Crippen molar-refractivity contribution in [3.8, 4) is 0 Å². The Morgan fingerprint density at radius 3 is 2.61 bits per heavy atom. The summed E-state index contributed by atoms with van der Waals surface area (Å²) < 4.78 is 0.521. The molecule has 1 rings (SSSR count). The van der Waals surface area contributed by atoms with Gasteiger partial charge in [0.05, 0.1) is 5.75 Å². The van der Waals surface area contributed by atoms with Crippen LogP contribution in [0.4, 0.5) is 9.93 Å². The lowest BCUT2D eigenvalue weighted by Gasteiger charge is -2.17. The van der Waals surface area contributed by atoms with Gasteiger partial charge >= 0.3 is 12.0 Å². The maximum absolute atomic E-state index is 11.7. The van der Waals surface area contributed by atoms with E-state index in [4.69, 9.17) is 5.11 Å². The molecule has 2 amide bonds. The van der Waals surface area contributed by atoms with Crippen molar-refractivity contribution < 1.29 is 14.7 Å². The highest BCUT2D eigenvalue weighted by molar-refractivity contribution is 8.01. The van der Waals surface area contributed by atoms with Gasteiger partial charge in [0.15, 0.2) is 4.34 Å². The summed E-state index contributed by atoms with van der Waals surface area (Å²) in [6, 6.07) is -0.231. The molecule has 18 heavy (non-hydrogen) atoms. The number of carbonyl (C=O) groups is 2. The lowest BCUT2D eigenvalue weighted by molar-refractivity contribution is -0.133. The second kappa shape index (κ2) is 7.17. The van der Waals surface area contributed by atoms with E-state index in [0.717, 1.165) is 23.1 Å². The van der Waals surface area contributed by atoms with Gasteiger partial charge in [-0.1, -0.05) is 23.1 Å². The molecule has 0 saturated heterocycles. The van der Waals surface area contributed by atoms with Crippen LogP contribution in [0.25, 0.3) is 0 Å². The Kier molecular flexibility index (Phi) is 5.86. The zero-order valence-corrected chi connectivity index (χ0v) is 11.7. The van der Waals surface area contributed by atoms with E-state index in [1.54, 1.807) is 4.90 Å². The molecule has 0 fully saturated rings. The molecule has 1 aromatic heterocycles. The number of carbonyl (C=O) groups excluding carboxylic acids is 1. The molecule has 0 aromatic carbocycles. The fourth-order valence-electron chi connectivity index (χ4n) is 1.12. The SMILES string of the molecule is CCN(CC)C(=O)Nc1nnc(SCC(=O)O)s1. The minimum absolute atomic E-state index is 0.0708. The number of carboxylic acid groups (broad SMARTS) is 1. The first-order valence-corrected chi connectivity index (χ1v) is 7.11. The molecule has 1 heterocycles. The highest BCUT2D eigenvalue weighted by Crippen LogP contribution is 2.25. The van der Waals surface area contributed by atoms with Crippen LogP contribution in [-0.4, -0.2) is 51.0 Å². The Hall–Kier alpha value is -1.35. The number of hydrogen-bond acceptors (Lipinski definition) is 6. The molecule has 0 aliphatic heterocycles. The fraction of sp³-hybridized carbons (Fsp3) is 0.556. The molecule has 1 aromatic rings. The van der Waals surface area contributed by atoms with Gasteiger partial charge in [-0.15, -0.1) is 10.2 Å². The standard InChI is InChI=1S/C9H14N4O3S2/c1-3-13(4-2)8(16)10-7-11-12-9(18-7)17-5-6(14)15/h3-5H2,1-2H3,(H,14,15)(H,10,11,16). The Morgan fingerprint density at radius 1 is 1.39 bits per heavy atom. The number of aliphatic carboxylic acids is 1. The number of amides is 2. The number of urea groups is 1. The first kappa shape index (κ1) is 14.7. The van der Waals surface area contributed by atoms with Gasteiger partial charge < -0.3 is 10.0 Å². The zero-order valence-electron chi connectivity index (χ0n) is 10.0. The summed E-state index contributed by atoms with van der Waals surface area (Å²) in [6.07, 6.45) is 0. The van der Waals surface area contributed by atoms with E-state index >= 15 is 0 Å². The summed E-state index contributed by atoms with van der Waals surface area (Å²) in [5.74, 6) is -0.984. The molecule has 0 saturated carbocycles. The van der Waals surface area contributed by atoms with Crippen LogP contribution in [0.1, 0.15) is 13.8 Å². The minimum Gasteiger partial charge on any atom is -0.481 e. The van der Waals surface area contributed by atoms with E-state index in [1.165, 1.54) is 0 Å². The van der Waals surface area contributed by atoms with Crippen LogP contribution in [0.3, 0.4) is 0 Å². The Labute approximate surface area is 113 Å². The van der Waals surface area contributed by atoms with Crippen molar-refractivity contribution in [2.45, 2.75) is 18.2 Å². The van der Waals surface area contributed by atoms with E-state index in [-0.39, 0.29) is 11.8 Å². The molecule has 2 N–H and O–H groups in total. The van der Waals surface area contributed by atoms with Crippen molar-refractivity contribution in [1.82, 2.24) is 15.1 Å². The molecule has 0 spiro atoms. The number of anilines is 1. The molecule has 0 radical (unpaired) electrons. The summed E-state index contributed by atoms with van der Waals surface area (Å²) in [5, 5.41) is 19.1. The maximum atomic E-state index is 11.7. The molecule has 0 aliphatic carbocycles. The van der Waals surface area contributed by atoms with Gasteiger partial charge in [0.25, 0.3) is 0 Å². The zero-order chi connectivity index (χ0) is 13.5. The predicted octanol–water partition coefficient (Wildman–Crippen LogP) is 1.59. The predicted molar refractivity (Wildman–Crippen MR) is 70.2 cm³/mol. The van der Waals surface area contributed by atoms with Crippen LogP contribution < -0.4 is 5.32 Å². The molecular formula is C9H14N4O3S2. The van der Waals surface area contributed by atoms with Crippen LogP contribution in [-0.2, 0) is 4.79 Å². The normalized spacial score (nSPS) is 10.1. The smallest absolute Gasteiger partial charge is 0.323 e. The first-order valence-electron chi connectivity index (χ1n) is 5.30. The van der Waals surface area contributed by atoms with Crippen LogP contribution >= 0.6 is 23.1 Å². The van der Waals surface area contributed by atoms with Crippen molar-refractivity contribution >= 4 is 40.2 Å². The van der Waals surface area contributed by atoms with Crippen molar-refractivity contribution in [2.75, 3.05) is 24.2 Å². The number of aromatic nitrogens is 2. The van der Waals surface area contributed by atoms with E-state index < -0.39 is 5.97 Å². The average molecular weight is 290 g/mol. The number of carboxylic acids is 1. The van der Waals surface area contributed by atoms with Gasteiger partial charge in [-0.2, -0.15) is 0 Å². The Balaban J connectivity index is 2.53. The molecule has 9 heteroatoms. The second-order valence-corrected chi connectivity index (χ2v) is 5.36. The van der Waals surface area contributed by atoms with Crippen molar-refractivity contribution in [3.05, 3.63) is 0 Å². The molecule has 0 aliphatic rings. The third-order valence-electron chi connectivity index (χ3n) is 1.99. The van der Waals surface area contributed by atoms with Gasteiger partial charge in [-0.05, 0) is 13.8 Å². The number of nitrogens with one attached hydrogen (secondary N) is 1. The molecule has 0 atom stereocenters. The molecule has 0 unspecified atom stereocenters. The largest absolute Gasteiger partial charge is 0.481 e. The minimum atomic E-state index is -0.913. The average Bonchev–Trinajstić information content (AvgIpc) is 2.75. The lowest BCUT2D eigenvalue weighted by atomic mass is 10.5. The molecule has 100 valence electrons. The number of nitrogens with zero attached hydrogens (tertiary/aromatic N) is 3. The number of hydrogen-bond donors (Lipinski definition) is 2. The van der Waals surface area contributed by atoms with Crippen LogP contribution in [0.15, 0.2) is 4.34 Å². The monoisotopic (exact) mass is 290 g/mol. The number of rotatable bonds is 6. The topological polar surface area (TPSA) is 95.4 Å². The first-order chi connectivity index (χ1) is 8.56. The van der Waals surface area contributed by atoms with Crippen molar-refractivity contribution in [1.29, 1.82) is 0 Å². The summed E-state index contributed by atoms with van der Waals surface area (Å²) in [4.78, 5) is 23.7.